The van der Waals surface area contributed by atoms with Crippen LogP contribution in [0.1, 0.15) is 16.8 Å². The molecule has 1 N–H and O–H groups in total. The molecule has 29 heavy (non-hydrogen) atoms. The molecule has 2 aromatic carbocycles. The topological polar surface area (TPSA) is 60.0 Å². The number of fused-ring (bicyclic) bond motifs is 6. The van der Waals surface area contributed by atoms with Gasteiger partial charge < -0.3 is 18.6 Å². The van der Waals surface area contributed by atoms with Crippen molar-refractivity contribution in [3.63, 3.8) is 0 Å². The summed E-state index contributed by atoms with van der Waals surface area (Å²) in [6.07, 6.45) is 0.782. The van der Waals surface area contributed by atoms with Crippen LogP contribution in [-0.4, -0.2) is 65.6 Å². The molecule has 5 rings (SSSR count). The van der Waals surface area contributed by atoms with E-state index < -0.39 is 8.80 Å². The van der Waals surface area contributed by atoms with E-state index in [1.54, 1.807) is 0 Å². The number of carbonyl (C=O) groups is 1. The molecule has 0 saturated carbocycles. The van der Waals surface area contributed by atoms with Gasteiger partial charge in [-0.15, -0.1) is 0 Å². The van der Waals surface area contributed by atoms with E-state index >= 15 is 0 Å². The summed E-state index contributed by atoms with van der Waals surface area (Å²) in [5.41, 5.74) is 2.91. The molecule has 3 fully saturated rings. The minimum absolute atomic E-state index is 0.0579. The summed E-state index contributed by atoms with van der Waals surface area (Å²) >= 11 is 0. The highest BCUT2D eigenvalue weighted by atomic mass is 28.4. The van der Waals surface area contributed by atoms with Gasteiger partial charge in [0.1, 0.15) is 0 Å². The van der Waals surface area contributed by atoms with E-state index in [4.69, 9.17) is 13.3 Å². The molecule has 3 saturated heterocycles. The van der Waals surface area contributed by atoms with Gasteiger partial charge in [-0.1, -0.05) is 42.5 Å². The zero-order valence-corrected chi connectivity index (χ0v) is 17.6. The quantitative estimate of drug-likeness (QED) is 0.584. The van der Waals surface area contributed by atoms with Gasteiger partial charge >= 0.3 is 8.80 Å². The van der Waals surface area contributed by atoms with Crippen molar-refractivity contribution in [1.29, 1.82) is 0 Å². The van der Waals surface area contributed by atoms with Crippen LogP contribution >= 0.6 is 0 Å². The highest BCUT2D eigenvalue weighted by Crippen LogP contribution is 2.22. The van der Waals surface area contributed by atoms with Gasteiger partial charge in [-0.25, -0.2) is 0 Å². The van der Waals surface area contributed by atoms with Gasteiger partial charge in [-0.2, -0.15) is 0 Å². The summed E-state index contributed by atoms with van der Waals surface area (Å²) in [4.78, 5) is 14.8. The maximum Gasteiger partial charge on any atom is 0.501 e. The van der Waals surface area contributed by atoms with Crippen LogP contribution in [0.5, 0.6) is 0 Å². The molecule has 0 unspecified atom stereocenters. The molecule has 0 radical (unpaired) electrons. The van der Waals surface area contributed by atoms with Gasteiger partial charge in [0.15, 0.2) is 0 Å². The lowest BCUT2D eigenvalue weighted by molar-refractivity contribution is -0.00851. The molecule has 0 aromatic heterocycles. The van der Waals surface area contributed by atoms with Crippen molar-refractivity contribution in [2.75, 3.05) is 46.0 Å². The molecule has 3 aliphatic heterocycles. The Morgan fingerprint density at radius 2 is 1.45 bits per heavy atom. The van der Waals surface area contributed by atoms with Gasteiger partial charge in [0.25, 0.3) is 5.91 Å². The third-order valence-corrected chi connectivity index (χ3v) is 8.29. The Hall–Kier alpha value is -2.03. The predicted octanol–water partition coefficient (Wildman–Crippen LogP) is 2.79. The Labute approximate surface area is 173 Å². The lowest BCUT2D eigenvalue weighted by atomic mass is 10.0. The minimum atomic E-state index is -2.60. The first kappa shape index (κ1) is 20.2. The van der Waals surface area contributed by atoms with Crippen LogP contribution in [-0.2, 0) is 13.3 Å². The zero-order chi connectivity index (χ0) is 19.9. The monoisotopic (exact) mass is 412 g/mol. The zero-order valence-electron chi connectivity index (χ0n) is 16.6. The molecule has 2 bridgehead atoms. The summed E-state index contributed by atoms with van der Waals surface area (Å²) in [5, 5.41) is 3.00. The first-order valence-corrected chi connectivity index (χ1v) is 12.3. The average molecular weight is 413 g/mol. The van der Waals surface area contributed by atoms with Gasteiger partial charge in [-0.3, -0.25) is 9.69 Å². The van der Waals surface area contributed by atoms with Crippen molar-refractivity contribution in [3.8, 4) is 11.1 Å². The van der Waals surface area contributed by atoms with Crippen molar-refractivity contribution in [2.45, 2.75) is 12.5 Å². The summed E-state index contributed by atoms with van der Waals surface area (Å²) in [7, 11) is -2.60. The van der Waals surface area contributed by atoms with Crippen molar-refractivity contribution in [3.05, 3.63) is 60.2 Å². The van der Waals surface area contributed by atoms with Gasteiger partial charge in [0.05, 0.1) is 19.8 Å². The van der Waals surface area contributed by atoms with Crippen LogP contribution in [0.25, 0.3) is 11.1 Å². The fourth-order valence-electron chi connectivity index (χ4n) is 3.72. The molecular weight excluding hydrogens is 384 g/mol. The lowest BCUT2D eigenvalue weighted by Crippen LogP contribution is -2.55. The second-order valence-corrected chi connectivity index (χ2v) is 10.1. The third kappa shape index (κ3) is 5.32. The summed E-state index contributed by atoms with van der Waals surface area (Å²) < 4.78 is 18.1. The first-order valence-electron chi connectivity index (χ1n) is 10.3. The van der Waals surface area contributed by atoms with E-state index in [1.165, 1.54) is 0 Å². The van der Waals surface area contributed by atoms with Crippen molar-refractivity contribution in [1.82, 2.24) is 10.2 Å². The van der Waals surface area contributed by atoms with Gasteiger partial charge in [-0.05, 0) is 29.7 Å². The highest BCUT2D eigenvalue weighted by molar-refractivity contribution is 6.60. The standard InChI is InChI=1S/C22H28N2O4Si/c25-22(21-9-7-20(8-10-21)19-5-2-1-3-6-19)23-11-4-18-29-26-15-12-24(13-16-27-29)14-17-28-29/h1-3,5-10H,4,11-18H2,(H,23,25). The van der Waals surface area contributed by atoms with Crippen LogP contribution in [0, 0.1) is 0 Å². The van der Waals surface area contributed by atoms with Crippen molar-refractivity contribution < 1.29 is 18.1 Å². The molecule has 0 spiro atoms. The van der Waals surface area contributed by atoms with Crippen LogP contribution < -0.4 is 5.32 Å². The van der Waals surface area contributed by atoms with E-state index in [0.29, 0.717) is 31.9 Å². The van der Waals surface area contributed by atoms with Crippen LogP contribution in [0.4, 0.5) is 0 Å². The van der Waals surface area contributed by atoms with Gasteiger partial charge in [0, 0.05) is 37.8 Å². The largest absolute Gasteiger partial charge is 0.501 e. The minimum Gasteiger partial charge on any atom is -0.372 e. The Morgan fingerprint density at radius 3 is 2.07 bits per heavy atom. The first-order chi connectivity index (χ1) is 14.2. The number of nitrogens with one attached hydrogen (secondary N) is 1. The molecule has 3 aliphatic rings. The van der Waals surface area contributed by atoms with E-state index in [1.807, 2.05) is 42.5 Å². The number of amides is 1. The lowest BCUT2D eigenvalue weighted by Gasteiger charge is -2.38. The molecule has 3 heterocycles. The van der Waals surface area contributed by atoms with E-state index in [9.17, 15) is 4.79 Å². The Balaban J connectivity index is 1.26. The normalized spacial score (nSPS) is 24.3. The summed E-state index contributed by atoms with van der Waals surface area (Å²) in [6, 6.07) is 18.6. The highest BCUT2D eigenvalue weighted by Gasteiger charge is 2.43. The number of hydrogen-bond donors (Lipinski definition) is 1. The number of hydrogen-bond acceptors (Lipinski definition) is 5. The van der Waals surface area contributed by atoms with Crippen molar-refractivity contribution in [2.24, 2.45) is 0 Å². The van der Waals surface area contributed by atoms with Crippen LogP contribution in [0.15, 0.2) is 54.6 Å². The number of carbonyl (C=O) groups excluding carboxylic acids is 1. The molecular formula is C22H28N2O4Si. The SMILES string of the molecule is O=C(NCCC[Si]12OCCN(CCO1)CCO2)c1ccc(-c2ccccc2)cc1. The Kier molecular flexibility index (Phi) is 6.73. The fraction of sp³-hybridized carbons (Fsp3) is 0.409. The fourth-order valence-corrected chi connectivity index (χ4v) is 6.22. The van der Waals surface area contributed by atoms with Gasteiger partial charge in [0.2, 0.25) is 0 Å². The number of nitrogens with zero attached hydrogens (tertiary/aromatic N) is 1. The third-order valence-electron chi connectivity index (χ3n) is 5.39. The van der Waals surface area contributed by atoms with E-state index in [2.05, 4.69) is 22.3 Å². The molecule has 1 amide bonds. The second-order valence-electron chi connectivity index (χ2n) is 7.37. The maximum atomic E-state index is 12.5. The smallest absolute Gasteiger partial charge is 0.372 e. The second kappa shape index (κ2) is 9.64. The number of benzene rings is 2. The molecule has 0 atom stereocenters. The Bertz CT molecular complexity index is 774. The maximum absolute atomic E-state index is 12.5. The van der Waals surface area contributed by atoms with E-state index in [-0.39, 0.29) is 5.91 Å². The van der Waals surface area contributed by atoms with E-state index in [0.717, 1.165) is 43.2 Å². The summed E-state index contributed by atoms with van der Waals surface area (Å²) in [6.45, 7) is 5.38. The molecule has 154 valence electrons. The molecule has 0 aliphatic carbocycles. The molecule has 2 aromatic rings. The van der Waals surface area contributed by atoms with Crippen LogP contribution in [0.2, 0.25) is 6.04 Å². The number of rotatable bonds is 6. The van der Waals surface area contributed by atoms with Crippen LogP contribution in [0.3, 0.4) is 0 Å². The Morgan fingerprint density at radius 1 is 0.862 bits per heavy atom. The van der Waals surface area contributed by atoms with Crippen molar-refractivity contribution >= 4 is 14.7 Å². The predicted molar refractivity (Wildman–Crippen MR) is 114 cm³/mol. The average Bonchev–Trinajstić information content (AvgIpc) is 2.72. The molecule has 7 heteroatoms. The molecule has 6 nitrogen and oxygen atoms in total. The summed E-state index contributed by atoms with van der Waals surface area (Å²) in [5.74, 6) is -0.0579.